The molecular formula is C21H40IN5O. The molecule has 3 heterocycles. The molecule has 1 amide bonds. The fourth-order valence-electron chi connectivity index (χ4n) is 5.05. The summed E-state index contributed by atoms with van der Waals surface area (Å²) in [5.41, 5.74) is 0.116. The maximum atomic E-state index is 11.8. The van der Waals surface area contributed by atoms with E-state index in [0.29, 0.717) is 12.3 Å². The number of carbonyl (C=O) groups is 1. The molecule has 3 aliphatic heterocycles. The third-order valence-electron chi connectivity index (χ3n) is 6.22. The molecule has 3 fully saturated rings. The predicted octanol–water partition coefficient (Wildman–Crippen LogP) is 2.54. The van der Waals surface area contributed by atoms with E-state index in [-0.39, 0.29) is 35.3 Å². The molecule has 1 spiro atoms. The van der Waals surface area contributed by atoms with E-state index in [1.165, 1.54) is 32.5 Å². The van der Waals surface area contributed by atoms with Gasteiger partial charge >= 0.3 is 0 Å². The molecule has 0 aliphatic carbocycles. The molecule has 2 atom stereocenters. The maximum Gasteiger partial charge on any atom is 0.220 e. The smallest absolute Gasteiger partial charge is 0.220 e. The highest BCUT2D eigenvalue weighted by molar-refractivity contribution is 14.0. The van der Waals surface area contributed by atoms with Gasteiger partial charge in [0.2, 0.25) is 5.91 Å². The number of piperidine rings is 2. The van der Waals surface area contributed by atoms with Gasteiger partial charge in [-0.25, -0.2) is 0 Å². The summed E-state index contributed by atoms with van der Waals surface area (Å²) in [5, 5.41) is 6.55. The molecule has 6 nitrogen and oxygen atoms in total. The first-order valence-corrected chi connectivity index (χ1v) is 11.0. The van der Waals surface area contributed by atoms with E-state index in [0.717, 1.165) is 57.4 Å². The molecule has 0 aromatic rings. The van der Waals surface area contributed by atoms with Gasteiger partial charge in [-0.05, 0) is 51.0 Å². The Morgan fingerprint density at radius 1 is 1.36 bits per heavy atom. The minimum atomic E-state index is 0. The molecule has 3 aliphatic rings. The van der Waals surface area contributed by atoms with Crippen LogP contribution in [0.2, 0.25) is 0 Å². The molecule has 0 aromatic heterocycles. The second kappa shape index (κ2) is 11.0. The highest BCUT2D eigenvalue weighted by Gasteiger charge is 2.42. The number of amides is 1. The number of hydrogen-bond donors (Lipinski definition) is 2. The summed E-state index contributed by atoms with van der Waals surface area (Å²) in [6.45, 7) is 15.0. The van der Waals surface area contributed by atoms with Gasteiger partial charge in [0.05, 0.1) is 0 Å². The zero-order valence-electron chi connectivity index (χ0n) is 18.0. The van der Waals surface area contributed by atoms with Crippen molar-refractivity contribution in [1.29, 1.82) is 0 Å². The number of halogens is 1. The Labute approximate surface area is 188 Å². The molecule has 0 radical (unpaired) electrons. The van der Waals surface area contributed by atoms with Gasteiger partial charge in [-0.3, -0.25) is 9.79 Å². The topological polar surface area (TPSA) is 60.0 Å². The minimum absolute atomic E-state index is 0. The lowest BCUT2D eigenvalue weighted by molar-refractivity contribution is -0.119. The molecule has 2 unspecified atom stereocenters. The highest BCUT2D eigenvalue weighted by Crippen LogP contribution is 2.36. The molecule has 7 heteroatoms. The number of nitrogens with one attached hydrogen (secondary N) is 2. The quantitative estimate of drug-likeness (QED) is 0.343. The van der Waals surface area contributed by atoms with Crippen molar-refractivity contribution in [2.45, 2.75) is 52.9 Å². The molecule has 2 N–H and O–H groups in total. The summed E-state index contributed by atoms with van der Waals surface area (Å²) in [4.78, 5) is 21.8. The molecule has 0 saturated carbocycles. The monoisotopic (exact) mass is 505 g/mol. The fourth-order valence-corrected chi connectivity index (χ4v) is 5.05. The van der Waals surface area contributed by atoms with Crippen molar-refractivity contribution >= 4 is 35.8 Å². The maximum absolute atomic E-state index is 11.8. The van der Waals surface area contributed by atoms with Crippen molar-refractivity contribution in [3.05, 3.63) is 0 Å². The van der Waals surface area contributed by atoms with E-state index in [2.05, 4.69) is 41.2 Å². The van der Waals surface area contributed by atoms with Crippen LogP contribution in [0.4, 0.5) is 0 Å². The number of aliphatic imine (C=N–C) groups is 1. The van der Waals surface area contributed by atoms with E-state index in [4.69, 9.17) is 4.99 Å². The van der Waals surface area contributed by atoms with Gasteiger partial charge in [-0.2, -0.15) is 0 Å². The van der Waals surface area contributed by atoms with Gasteiger partial charge in [-0.15, -0.1) is 24.0 Å². The van der Waals surface area contributed by atoms with Gasteiger partial charge in [0.1, 0.15) is 0 Å². The fraction of sp³-hybridized carbons (Fsp3) is 0.905. The summed E-state index contributed by atoms with van der Waals surface area (Å²) >= 11 is 0. The van der Waals surface area contributed by atoms with Crippen LogP contribution in [0.1, 0.15) is 52.9 Å². The molecular weight excluding hydrogens is 465 g/mol. The molecule has 0 bridgehead atoms. The summed E-state index contributed by atoms with van der Waals surface area (Å²) in [6, 6.07) is 0. The molecule has 162 valence electrons. The van der Waals surface area contributed by atoms with Gasteiger partial charge in [0.15, 0.2) is 5.96 Å². The van der Waals surface area contributed by atoms with E-state index in [1.54, 1.807) is 0 Å². The van der Waals surface area contributed by atoms with Crippen molar-refractivity contribution in [1.82, 2.24) is 20.4 Å². The van der Waals surface area contributed by atoms with Crippen LogP contribution in [0.25, 0.3) is 0 Å². The number of guanidine groups is 1. The van der Waals surface area contributed by atoms with Crippen molar-refractivity contribution in [3.8, 4) is 0 Å². The zero-order chi connectivity index (χ0) is 19.3. The van der Waals surface area contributed by atoms with Crippen molar-refractivity contribution in [2.24, 2.45) is 22.2 Å². The summed E-state index contributed by atoms with van der Waals surface area (Å²) in [7, 11) is 0. The van der Waals surface area contributed by atoms with Crippen LogP contribution in [-0.4, -0.2) is 74.0 Å². The first-order valence-electron chi connectivity index (χ1n) is 11.0. The van der Waals surface area contributed by atoms with Gasteiger partial charge in [0, 0.05) is 57.6 Å². The first kappa shape index (κ1) is 23.7. The average molecular weight is 505 g/mol. The lowest BCUT2D eigenvalue weighted by atomic mass is 9.79. The Balaban J connectivity index is 0.00000280. The summed E-state index contributed by atoms with van der Waals surface area (Å²) in [5.74, 6) is 2.67. The standard InChI is InChI=1S/C21H39N5O.HI/c1-4-22-20(23-12-18-7-5-9-25(14-18)13-17(2)3)26-10-6-8-21(16-26)11-19(27)24-15-21;/h17-18H,4-16H2,1-3H3,(H,22,23)(H,24,27);1H. The second-order valence-electron chi connectivity index (χ2n) is 9.33. The molecule has 3 rings (SSSR count). The Bertz CT molecular complexity index is 541. The normalized spacial score (nSPS) is 29.1. The van der Waals surface area contributed by atoms with Crippen LogP contribution in [-0.2, 0) is 4.79 Å². The lowest BCUT2D eigenvalue weighted by Gasteiger charge is -2.41. The number of nitrogens with zero attached hydrogens (tertiary/aromatic N) is 3. The Kier molecular flexibility index (Phi) is 9.31. The third kappa shape index (κ3) is 6.47. The Morgan fingerprint density at radius 3 is 2.86 bits per heavy atom. The minimum Gasteiger partial charge on any atom is -0.357 e. The van der Waals surface area contributed by atoms with Crippen LogP contribution < -0.4 is 10.6 Å². The van der Waals surface area contributed by atoms with Crippen molar-refractivity contribution < 1.29 is 4.79 Å². The molecule has 28 heavy (non-hydrogen) atoms. The average Bonchev–Trinajstić information content (AvgIpc) is 2.98. The molecule has 3 saturated heterocycles. The lowest BCUT2D eigenvalue weighted by Crippen LogP contribution is -2.51. The Hall–Kier alpha value is -0.570. The van der Waals surface area contributed by atoms with Crippen LogP contribution in [0.3, 0.4) is 0 Å². The number of rotatable bonds is 5. The zero-order valence-corrected chi connectivity index (χ0v) is 20.3. The highest BCUT2D eigenvalue weighted by atomic mass is 127. The van der Waals surface area contributed by atoms with Crippen LogP contribution in [0, 0.1) is 17.3 Å². The van der Waals surface area contributed by atoms with Crippen molar-refractivity contribution in [3.63, 3.8) is 0 Å². The first-order chi connectivity index (χ1) is 13.0. The van der Waals surface area contributed by atoms with E-state index >= 15 is 0 Å². The van der Waals surface area contributed by atoms with Crippen LogP contribution in [0.15, 0.2) is 4.99 Å². The predicted molar refractivity (Wildman–Crippen MR) is 126 cm³/mol. The third-order valence-corrected chi connectivity index (χ3v) is 6.22. The second-order valence-corrected chi connectivity index (χ2v) is 9.33. The SMILES string of the molecule is CCNC(=NCC1CCCN(CC(C)C)C1)N1CCCC2(CNC(=O)C2)C1.I. The van der Waals surface area contributed by atoms with E-state index in [9.17, 15) is 4.79 Å². The largest absolute Gasteiger partial charge is 0.357 e. The molecule has 0 aromatic carbocycles. The number of likely N-dealkylation sites (tertiary alicyclic amines) is 2. The summed E-state index contributed by atoms with van der Waals surface area (Å²) in [6.07, 6.45) is 5.55. The van der Waals surface area contributed by atoms with Gasteiger partial charge < -0.3 is 20.4 Å². The van der Waals surface area contributed by atoms with Gasteiger partial charge in [-0.1, -0.05) is 13.8 Å². The van der Waals surface area contributed by atoms with Crippen molar-refractivity contribution in [2.75, 3.05) is 52.4 Å². The van der Waals surface area contributed by atoms with Gasteiger partial charge in [0.25, 0.3) is 0 Å². The summed E-state index contributed by atoms with van der Waals surface area (Å²) < 4.78 is 0. The van der Waals surface area contributed by atoms with Crippen LogP contribution >= 0.6 is 24.0 Å². The number of carbonyl (C=O) groups excluding carboxylic acids is 1. The number of hydrogen-bond acceptors (Lipinski definition) is 3. The Morgan fingerprint density at radius 2 is 2.18 bits per heavy atom. The van der Waals surface area contributed by atoms with Crippen LogP contribution in [0.5, 0.6) is 0 Å². The van der Waals surface area contributed by atoms with E-state index < -0.39 is 0 Å². The van der Waals surface area contributed by atoms with E-state index in [1.807, 2.05) is 0 Å².